The average Bonchev–Trinajstić information content (AvgIpc) is 2.98. The summed E-state index contributed by atoms with van der Waals surface area (Å²) in [5, 5.41) is 14.9. The summed E-state index contributed by atoms with van der Waals surface area (Å²) in [6, 6.07) is 15.3. The number of benzene rings is 2. The van der Waals surface area contributed by atoms with Gasteiger partial charge in [-0.3, -0.25) is 4.79 Å². The largest absolute Gasteiger partial charge is 0.387 e. The molecule has 2 aromatic carbocycles. The summed E-state index contributed by atoms with van der Waals surface area (Å²) >= 11 is 5.94. The summed E-state index contributed by atoms with van der Waals surface area (Å²) in [5.41, 5.74) is 2.94. The number of nitrogens with one attached hydrogen (secondary N) is 1. The van der Waals surface area contributed by atoms with Gasteiger partial charge in [-0.15, -0.1) is 0 Å². The fourth-order valence-electron chi connectivity index (χ4n) is 2.87. The smallest absolute Gasteiger partial charge is 0.220 e. The zero-order valence-electron chi connectivity index (χ0n) is 14.1. The number of aryl methyl sites for hydroxylation is 2. The minimum Gasteiger partial charge on any atom is -0.387 e. The summed E-state index contributed by atoms with van der Waals surface area (Å²) in [4.78, 5) is 12.0. The predicted octanol–water partition coefficient (Wildman–Crippen LogP) is 3.61. The molecule has 3 aromatic rings. The molecule has 0 aliphatic rings. The number of carbonyl (C=O) groups excluding carboxylic acids is 1. The minimum atomic E-state index is -0.722. The fourth-order valence-corrected chi connectivity index (χ4v) is 3.09. The first-order valence-corrected chi connectivity index (χ1v) is 8.65. The number of halogens is 1. The van der Waals surface area contributed by atoms with E-state index < -0.39 is 6.10 Å². The molecule has 0 aliphatic heterocycles. The lowest BCUT2D eigenvalue weighted by atomic mass is 10.1. The quantitative estimate of drug-likeness (QED) is 0.708. The van der Waals surface area contributed by atoms with Gasteiger partial charge in [-0.1, -0.05) is 29.8 Å². The van der Waals surface area contributed by atoms with Crippen LogP contribution in [0.5, 0.6) is 0 Å². The van der Waals surface area contributed by atoms with E-state index in [1.54, 1.807) is 0 Å². The Hall–Kier alpha value is -2.30. The maximum atomic E-state index is 12.0. The third kappa shape index (κ3) is 4.41. The Kier molecular flexibility index (Phi) is 5.41. The molecule has 0 fully saturated rings. The van der Waals surface area contributed by atoms with Crippen molar-refractivity contribution in [2.45, 2.75) is 18.9 Å². The highest BCUT2D eigenvalue weighted by molar-refractivity contribution is 6.30. The number of aromatic nitrogens is 1. The molecule has 25 heavy (non-hydrogen) atoms. The van der Waals surface area contributed by atoms with Gasteiger partial charge in [0.1, 0.15) is 0 Å². The molecular formula is C20H21ClN2O2. The van der Waals surface area contributed by atoms with Crippen LogP contribution in [0.15, 0.2) is 54.7 Å². The van der Waals surface area contributed by atoms with Gasteiger partial charge in [-0.05, 0) is 53.3 Å². The normalized spacial score (nSPS) is 12.3. The Morgan fingerprint density at radius 3 is 2.88 bits per heavy atom. The highest BCUT2D eigenvalue weighted by Crippen LogP contribution is 2.21. The first-order chi connectivity index (χ1) is 12.0. The molecule has 0 radical (unpaired) electrons. The van der Waals surface area contributed by atoms with Gasteiger partial charge in [-0.25, -0.2) is 0 Å². The van der Waals surface area contributed by atoms with Crippen molar-refractivity contribution >= 4 is 28.4 Å². The molecule has 1 amide bonds. The van der Waals surface area contributed by atoms with Crippen molar-refractivity contribution in [2.24, 2.45) is 7.05 Å². The van der Waals surface area contributed by atoms with Gasteiger partial charge < -0.3 is 15.0 Å². The second-order valence-electron chi connectivity index (χ2n) is 6.19. The third-order valence-corrected chi connectivity index (χ3v) is 4.55. The van der Waals surface area contributed by atoms with Crippen molar-refractivity contribution in [3.63, 3.8) is 0 Å². The van der Waals surface area contributed by atoms with Gasteiger partial charge in [0, 0.05) is 36.7 Å². The maximum Gasteiger partial charge on any atom is 0.220 e. The third-order valence-electron chi connectivity index (χ3n) is 4.32. The second-order valence-corrected chi connectivity index (χ2v) is 6.63. The molecule has 130 valence electrons. The molecule has 0 bridgehead atoms. The van der Waals surface area contributed by atoms with E-state index in [1.807, 2.05) is 66.3 Å². The lowest BCUT2D eigenvalue weighted by Gasteiger charge is -2.13. The molecule has 3 rings (SSSR count). The number of aliphatic hydroxyl groups is 1. The van der Waals surface area contributed by atoms with E-state index in [2.05, 4.69) is 5.32 Å². The number of hydrogen-bond acceptors (Lipinski definition) is 2. The van der Waals surface area contributed by atoms with Crippen LogP contribution in [0, 0.1) is 0 Å². The first kappa shape index (κ1) is 17.5. The van der Waals surface area contributed by atoms with Crippen LogP contribution in [0.1, 0.15) is 23.7 Å². The Bertz CT molecular complexity index is 888. The van der Waals surface area contributed by atoms with E-state index in [0.717, 1.165) is 22.0 Å². The lowest BCUT2D eigenvalue weighted by molar-refractivity contribution is -0.121. The van der Waals surface area contributed by atoms with E-state index >= 15 is 0 Å². The van der Waals surface area contributed by atoms with Gasteiger partial charge in [0.15, 0.2) is 0 Å². The van der Waals surface area contributed by atoms with Gasteiger partial charge in [-0.2, -0.15) is 0 Å². The molecule has 0 saturated heterocycles. The standard InChI is InChI=1S/C20H21ClN2O2/c1-23-10-9-15-12-16(6-7-18(15)23)19(24)13-22-20(25)8-5-14-3-2-4-17(21)11-14/h2-4,6-7,9-12,19,24H,5,8,13H2,1H3,(H,22,25). The average molecular weight is 357 g/mol. The number of nitrogens with zero attached hydrogens (tertiary/aromatic N) is 1. The Labute approximate surface area is 152 Å². The number of fused-ring (bicyclic) bond motifs is 1. The summed E-state index contributed by atoms with van der Waals surface area (Å²) in [6.45, 7) is 0.201. The van der Waals surface area contributed by atoms with E-state index in [4.69, 9.17) is 11.6 Å². The molecule has 0 aliphatic carbocycles. The number of carbonyl (C=O) groups is 1. The van der Waals surface area contributed by atoms with Crippen molar-refractivity contribution in [1.82, 2.24) is 9.88 Å². The zero-order chi connectivity index (χ0) is 17.8. The van der Waals surface area contributed by atoms with Crippen LogP contribution in [0.25, 0.3) is 10.9 Å². The van der Waals surface area contributed by atoms with Crippen LogP contribution >= 0.6 is 11.6 Å². The SMILES string of the molecule is Cn1ccc2cc(C(O)CNC(=O)CCc3cccc(Cl)c3)ccc21. The summed E-state index contributed by atoms with van der Waals surface area (Å²) in [5.74, 6) is -0.0835. The molecule has 0 saturated carbocycles. The van der Waals surface area contributed by atoms with Crippen molar-refractivity contribution in [3.05, 3.63) is 70.9 Å². The molecule has 5 heteroatoms. The van der Waals surface area contributed by atoms with Crippen LogP contribution in [0.2, 0.25) is 5.02 Å². The molecule has 1 aromatic heterocycles. The number of hydrogen-bond donors (Lipinski definition) is 2. The molecule has 1 heterocycles. The molecule has 0 spiro atoms. The van der Waals surface area contributed by atoms with Crippen LogP contribution < -0.4 is 5.32 Å². The van der Waals surface area contributed by atoms with E-state index in [9.17, 15) is 9.90 Å². The van der Waals surface area contributed by atoms with Gasteiger partial charge in [0.2, 0.25) is 5.91 Å². The van der Waals surface area contributed by atoms with Crippen molar-refractivity contribution < 1.29 is 9.90 Å². The maximum absolute atomic E-state index is 12.0. The van der Waals surface area contributed by atoms with Crippen LogP contribution in [0.3, 0.4) is 0 Å². The summed E-state index contributed by atoms with van der Waals surface area (Å²) < 4.78 is 2.03. The second kappa shape index (κ2) is 7.72. The highest BCUT2D eigenvalue weighted by atomic mass is 35.5. The number of aliphatic hydroxyl groups excluding tert-OH is 1. The Balaban J connectivity index is 1.52. The van der Waals surface area contributed by atoms with Crippen molar-refractivity contribution in [1.29, 1.82) is 0 Å². The topological polar surface area (TPSA) is 54.3 Å². The van der Waals surface area contributed by atoms with E-state index in [-0.39, 0.29) is 12.5 Å². The summed E-state index contributed by atoms with van der Waals surface area (Å²) in [6.07, 6.45) is 2.25. The van der Waals surface area contributed by atoms with Crippen LogP contribution in [-0.4, -0.2) is 22.1 Å². The molecule has 4 nitrogen and oxygen atoms in total. The zero-order valence-corrected chi connectivity index (χ0v) is 14.8. The molecule has 1 unspecified atom stereocenters. The van der Waals surface area contributed by atoms with Crippen LogP contribution in [0.4, 0.5) is 0 Å². The highest BCUT2D eigenvalue weighted by Gasteiger charge is 2.11. The predicted molar refractivity (Wildman–Crippen MR) is 101 cm³/mol. The molecule has 1 atom stereocenters. The summed E-state index contributed by atoms with van der Waals surface area (Å²) in [7, 11) is 1.98. The Morgan fingerprint density at radius 2 is 2.08 bits per heavy atom. The first-order valence-electron chi connectivity index (χ1n) is 8.27. The Morgan fingerprint density at radius 1 is 1.24 bits per heavy atom. The molecule has 2 N–H and O–H groups in total. The van der Waals surface area contributed by atoms with E-state index in [0.29, 0.717) is 17.9 Å². The van der Waals surface area contributed by atoms with Crippen LogP contribution in [-0.2, 0) is 18.3 Å². The van der Waals surface area contributed by atoms with Gasteiger partial charge in [0.05, 0.1) is 6.10 Å². The lowest BCUT2D eigenvalue weighted by Crippen LogP contribution is -2.28. The number of rotatable bonds is 6. The minimum absolute atomic E-state index is 0.0835. The monoisotopic (exact) mass is 356 g/mol. The van der Waals surface area contributed by atoms with Crippen molar-refractivity contribution in [3.8, 4) is 0 Å². The fraction of sp³-hybridized carbons (Fsp3) is 0.250. The van der Waals surface area contributed by atoms with Gasteiger partial charge >= 0.3 is 0 Å². The van der Waals surface area contributed by atoms with Gasteiger partial charge in [0.25, 0.3) is 0 Å². The van der Waals surface area contributed by atoms with Crippen molar-refractivity contribution in [2.75, 3.05) is 6.54 Å². The molecular weight excluding hydrogens is 336 g/mol. The number of amides is 1. The van der Waals surface area contributed by atoms with E-state index in [1.165, 1.54) is 0 Å².